The predicted molar refractivity (Wildman–Crippen MR) is 73.1 cm³/mol. The van der Waals surface area contributed by atoms with E-state index in [0.717, 1.165) is 0 Å². The fourth-order valence-electron chi connectivity index (χ4n) is 2.05. The summed E-state index contributed by atoms with van der Waals surface area (Å²) in [7, 11) is 4.80. The van der Waals surface area contributed by atoms with Crippen LogP contribution in [0.15, 0.2) is 18.2 Å². The summed E-state index contributed by atoms with van der Waals surface area (Å²) in [6.45, 7) is 1.18. The monoisotopic (exact) mass is 278 g/mol. The van der Waals surface area contributed by atoms with Gasteiger partial charge in [0.25, 0.3) is 5.91 Å². The number of carbonyl (C=O) groups excluding carboxylic acids is 2. The smallest absolute Gasteiger partial charge is 0.254 e. The van der Waals surface area contributed by atoms with Crippen molar-refractivity contribution in [3.05, 3.63) is 23.8 Å². The number of methoxy groups -OCH3 is 2. The molecule has 6 heteroatoms. The third-order valence-electron chi connectivity index (χ3n) is 3.34. The molecule has 1 aliphatic heterocycles. The van der Waals surface area contributed by atoms with Crippen LogP contribution in [0.4, 0.5) is 0 Å². The van der Waals surface area contributed by atoms with E-state index in [1.807, 2.05) is 0 Å². The SMILES string of the molecule is COc1cc(OC)cc(C(=O)N2CCN(C)C(=O)C2)c1. The zero-order chi connectivity index (χ0) is 14.7. The molecule has 0 N–H and O–H groups in total. The molecule has 0 saturated carbocycles. The summed E-state index contributed by atoms with van der Waals surface area (Å²) in [4.78, 5) is 27.3. The number of benzene rings is 1. The van der Waals surface area contributed by atoms with Gasteiger partial charge in [-0.3, -0.25) is 9.59 Å². The largest absolute Gasteiger partial charge is 0.497 e. The summed E-state index contributed by atoms with van der Waals surface area (Å²) >= 11 is 0. The van der Waals surface area contributed by atoms with Gasteiger partial charge < -0.3 is 19.3 Å². The minimum absolute atomic E-state index is 0.0561. The van der Waals surface area contributed by atoms with E-state index in [0.29, 0.717) is 30.2 Å². The van der Waals surface area contributed by atoms with Gasteiger partial charge in [-0.2, -0.15) is 0 Å². The fraction of sp³-hybridized carbons (Fsp3) is 0.429. The number of ether oxygens (including phenoxy) is 2. The van der Waals surface area contributed by atoms with Crippen LogP contribution < -0.4 is 9.47 Å². The van der Waals surface area contributed by atoms with Crippen molar-refractivity contribution in [2.24, 2.45) is 0 Å². The highest BCUT2D eigenvalue weighted by Crippen LogP contribution is 2.23. The lowest BCUT2D eigenvalue weighted by Crippen LogP contribution is -2.50. The summed E-state index contributed by atoms with van der Waals surface area (Å²) in [5.41, 5.74) is 0.457. The maximum Gasteiger partial charge on any atom is 0.254 e. The van der Waals surface area contributed by atoms with Crippen LogP contribution in [0.3, 0.4) is 0 Å². The number of amides is 2. The standard InChI is InChI=1S/C14H18N2O4/c1-15-4-5-16(9-13(15)17)14(18)10-6-11(19-2)8-12(7-10)20-3/h6-8H,4-5,9H2,1-3H3. The zero-order valence-corrected chi connectivity index (χ0v) is 11.9. The molecule has 0 spiro atoms. The van der Waals surface area contributed by atoms with Crippen LogP contribution in [0.2, 0.25) is 0 Å². The lowest BCUT2D eigenvalue weighted by atomic mass is 10.1. The maximum atomic E-state index is 12.4. The fourth-order valence-corrected chi connectivity index (χ4v) is 2.05. The Balaban J connectivity index is 2.22. The van der Waals surface area contributed by atoms with E-state index in [1.54, 1.807) is 30.1 Å². The van der Waals surface area contributed by atoms with E-state index in [4.69, 9.17) is 9.47 Å². The van der Waals surface area contributed by atoms with E-state index >= 15 is 0 Å². The Morgan fingerprint density at radius 3 is 2.20 bits per heavy atom. The molecule has 0 atom stereocenters. The number of hydrogen-bond donors (Lipinski definition) is 0. The summed E-state index contributed by atoms with van der Waals surface area (Å²) < 4.78 is 10.3. The molecule has 1 aliphatic rings. The minimum Gasteiger partial charge on any atom is -0.497 e. The van der Waals surface area contributed by atoms with E-state index < -0.39 is 0 Å². The lowest BCUT2D eigenvalue weighted by Gasteiger charge is -2.32. The average molecular weight is 278 g/mol. The van der Waals surface area contributed by atoms with Crippen molar-refractivity contribution >= 4 is 11.8 Å². The van der Waals surface area contributed by atoms with Gasteiger partial charge in [0.2, 0.25) is 5.91 Å². The first-order chi connectivity index (χ1) is 9.55. The summed E-state index contributed by atoms with van der Waals surface area (Å²) in [5, 5.41) is 0. The predicted octanol–water partition coefficient (Wildman–Crippen LogP) is 0.618. The van der Waals surface area contributed by atoms with Crippen molar-refractivity contribution in [2.45, 2.75) is 0 Å². The molecule has 1 aromatic carbocycles. The first kappa shape index (κ1) is 14.2. The van der Waals surface area contributed by atoms with Gasteiger partial charge in [0.1, 0.15) is 18.0 Å². The molecule has 1 fully saturated rings. The first-order valence-corrected chi connectivity index (χ1v) is 6.31. The second kappa shape index (κ2) is 5.81. The van der Waals surface area contributed by atoms with E-state index in [2.05, 4.69) is 0 Å². The van der Waals surface area contributed by atoms with Crippen LogP contribution in [0.5, 0.6) is 11.5 Å². The number of hydrogen-bond acceptors (Lipinski definition) is 4. The van der Waals surface area contributed by atoms with Crippen LogP contribution >= 0.6 is 0 Å². The molecule has 108 valence electrons. The summed E-state index contributed by atoms with van der Waals surface area (Å²) in [6, 6.07) is 4.99. The third-order valence-corrected chi connectivity index (χ3v) is 3.34. The number of nitrogens with zero attached hydrogens (tertiary/aromatic N) is 2. The van der Waals surface area contributed by atoms with Crippen LogP contribution in [-0.2, 0) is 4.79 Å². The van der Waals surface area contributed by atoms with Crippen molar-refractivity contribution < 1.29 is 19.1 Å². The second-order valence-corrected chi connectivity index (χ2v) is 4.64. The van der Waals surface area contributed by atoms with Crippen LogP contribution in [0.1, 0.15) is 10.4 Å². The van der Waals surface area contributed by atoms with Gasteiger partial charge in [-0.1, -0.05) is 0 Å². The van der Waals surface area contributed by atoms with Crippen molar-refractivity contribution in [2.75, 3.05) is 40.9 Å². The molecule has 2 amide bonds. The van der Waals surface area contributed by atoms with E-state index in [9.17, 15) is 9.59 Å². The number of piperazine rings is 1. The third kappa shape index (κ3) is 2.84. The molecule has 6 nitrogen and oxygen atoms in total. The Bertz CT molecular complexity index is 508. The normalized spacial score (nSPS) is 15.2. The van der Waals surface area contributed by atoms with Gasteiger partial charge in [-0.25, -0.2) is 0 Å². The molecule has 0 unspecified atom stereocenters. The second-order valence-electron chi connectivity index (χ2n) is 4.64. The number of rotatable bonds is 3. The van der Waals surface area contributed by atoms with Crippen molar-refractivity contribution in [3.63, 3.8) is 0 Å². The van der Waals surface area contributed by atoms with Crippen LogP contribution in [0, 0.1) is 0 Å². The van der Waals surface area contributed by atoms with Gasteiger partial charge in [-0.05, 0) is 12.1 Å². The van der Waals surface area contributed by atoms with Crippen molar-refractivity contribution in [3.8, 4) is 11.5 Å². The molecule has 0 aliphatic carbocycles. The van der Waals surface area contributed by atoms with Crippen LogP contribution in [0.25, 0.3) is 0 Å². The molecular weight excluding hydrogens is 260 g/mol. The Labute approximate surface area is 117 Å². The van der Waals surface area contributed by atoms with Crippen molar-refractivity contribution in [1.82, 2.24) is 9.80 Å². The van der Waals surface area contributed by atoms with E-state index in [1.165, 1.54) is 19.1 Å². The Kier molecular flexibility index (Phi) is 4.12. The minimum atomic E-state index is -0.191. The van der Waals surface area contributed by atoms with Crippen LogP contribution in [-0.4, -0.2) is 62.5 Å². The highest BCUT2D eigenvalue weighted by Gasteiger charge is 2.26. The molecule has 0 aromatic heterocycles. The van der Waals surface area contributed by atoms with Crippen molar-refractivity contribution in [1.29, 1.82) is 0 Å². The van der Waals surface area contributed by atoms with Gasteiger partial charge >= 0.3 is 0 Å². The molecule has 1 saturated heterocycles. The molecule has 2 rings (SSSR count). The highest BCUT2D eigenvalue weighted by atomic mass is 16.5. The Hall–Kier alpha value is -2.24. The Morgan fingerprint density at radius 2 is 1.70 bits per heavy atom. The molecule has 0 radical (unpaired) electrons. The highest BCUT2D eigenvalue weighted by molar-refractivity contribution is 5.97. The van der Waals surface area contributed by atoms with Gasteiger partial charge in [0, 0.05) is 31.8 Å². The quantitative estimate of drug-likeness (QED) is 0.813. The maximum absolute atomic E-state index is 12.4. The zero-order valence-electron chi connectivity index (χ0n) is 11.9. The molecule has 20 heavy (non-hydrogen) atoms. The van der Waals surface area contributed by atoms with Gasteiger partial charge in [0.15, 0.2) is 0 Å². The summed E-state index contributed by atoms with van der Waals surface area (Å²) in [6.07, 6.45) is 0. The first-order valence-electron chi connectivity index (χ1n) is 6.31. The molecule has 0 bridgehead atoms. The Morgan fingerprint density at radius 1 is 1.10 bits per heavy atom. The van der Waals surface area contributed by atoms with E-state index in [-0.39, 0.29) is 18.4 Å². The molecular formula is C14H18N2O4. The van der Waals surface area contributed by atoms with Gasteiger partial charge in [0.05, 0.1) is 14.2 Å². The average Bonchev–Trinajstić information content (AvgIpc) is 2.48. The van der Waals surface area contributed by atoms with Gasteiger partial charge in [-0.15, -0.1) is 0 Å². The lowest BCUT2D eigenvalue weighted by molar-refractivity contribution is -0.133. The number of carbonyl (C=O) groups is 2. The summed E-state index contributed by atoms with van der Waals surface area (Å²) in [5.74, 6) is 0.851. The molecule has 1 aromatic rings. The molecule has 1 heterocycles. The topological polar surface area (TPSA) is 59.1 Å². The number of likely N-dealkylation sites (N-methyl/N-ethyl adjacent to an activating group) is 1.